The van der Waals surface area contributed by atoms with E-state index in [-0.39, 0.29) is 11.8 Å². The Bertz CT molecular complexity index is 535. The fourth-order valence-corrected chi connectivity index (χ4v) is 3.26. The minimum absolute atomic E-state index is 0.0489. The third-order valence-corrected chi connectivity index (χ3v) is 4.03. The number of anilines is 1. The van der Waals surface area contributed by atoms with Crippen molar-refractivity contribution < 1.29 is 9.59 Å². The van der Waals surface area contributed by atoms with Crippen molar-refractivity contribution in [3.05, 3.63) is 29.3 Å². The van der Waals surface area contributed by atoms with Gasteiger partial charge in [0.1, 0.15) is 0 Å². The normalized spacial score (nSPS) is 26.0. The molecule has 2 amide bonds. The maximum atomic E-state index is 12.4. The number of benzene rings is 1. The summed E-state index contributed by atoms with van der Waals surface area (Å²) in [5.74, 6) is -0.230. The molecule has 0 aromatic heterocycles. The summed E-state index contributed by atoms with van der Waals surface area (Å²) in [6.45, 7) is 3.43. The molecule has 1 atom stereocenters. The Morgan fingerprint density at radius 2 is 2.18 bits per heavy atom. The van der Waals surface area contributed by atoms with Gasteiger partial charge in [0.25, 0.3) is 0 Å². The van der Waals surface area contributed by atoms with Crippen molar-refractivity contribution in [2.24, 2.45) is 0 Å². The molecule has 3 nitrogen and oxygen atoms in total. The van der Waals surface area contributed by atoms with Crippen LogP contribution in [0, 0.1) is 0 Å². The fraction of sp³-hybridized carbons (Fsp3) is 0.429. The van der Waals surface area contributed by atoms with Gasteiger partial charge in [-0.05, 0) is 43.4 Å². The monoisotopic (exact) mass is 229 g/mol. The van der Waals surface area contributed by atoms with Gasteiger partial charge in [0.15, 0.2) is 0 Å². The van der Waals surface area contributed by atoms with Gasteiger partial charge in [0.2, 0.25) is 11.8 Å². The van der Waals surface area contributed by atoms with Crippen LogP contribution < -0.4 is 4.90 Å². The van der Waals surface area contributed by atoms with E-state index in [1.165, 1.54) is 17.4 Å². The average Bonchev–Trinajstić information content (AvgIpc) is 2.51. The molecule has 1 unspecified atom stereocenters. The van der Waals surface area contributed by atoms with E-state index in [4.69, 9.17) is 0 Å². The first-order valence-corrected chi connectivity index (χ1v) is 6.03. The summed E-state index contributed by atoms with van der Waals surface area (Å²) in [5.41, 5.74) is 2.65. The number of imide groups is 1. The predicted octanol–water partition coefficient (Wildman–Crippen LogP) is 2.17. The zero-order valence-electron chi connectivity index (χ0n) is 10.1. The summed E-state index contributed by atoms with van der Waals surface area (Å²) in [6, 6.07) is 5.90. The van der Waals surface area contributed by atoms with Crippen molar-refractivity contribution in [3.63, 3.8) is 0 Å². The second kappa shape index (κ2) is 3.19. The van der Waals surface area contributed by atoms with E-state index in [0.717, 1.165) is 30.5 Å². The molecule has 88 valence electrons. The second-order valence-corrected chi connectivity index (χ2v) is 5.16. The first kappa shape index (κ1) is 10.5. The first-order chi connectivity index (χ1) is 8.05. The molecule has 3 rings (SSSR count). The number of carbonyl (C=O) groups is 2. The van der Waals surface area contributed by atoms with E-state index < -0.39 is 5.41 Å². The Kier molecular flexibility index (Phi) is 1.97. The van der Waals surface area contributed by atoms with E-state index in [1.54, 1.807) is 0 Å². The van der Waals surface area contributed by atoms with E-state index in [9.17, 15) is 9.59 Å². The highest BCUT2D eigenvalue weighted by Crippen LogP contribution is 2.49. The molecule has 3 heteroatoms. The highest BCUT2D eigenvalue weighted by Gasteiger charge is 2.50. The van der Waals surface area contributed by atoms with Crippen LogP contribution in [0.4, 0.5) is 5.69 Å². The van der Waals surface area contributed by atoms with Gasteiger partial charge in [-0.2, -0.15) is 0 Å². The van der Waals surface area contributed by atoms with E-state index in [1.807, 2.05) is 19.1 Å². The van der Waals surface area contributed by atoms with Crippen molar-refractivity contribution in [3.8, 4) is 0 Å². The molecule has 1 heterocycles. The zero-order valence-corrected chi connectivity index (χ0v) is 10.1. The molecular weight excluding hydrogens is 214 g/mol. The third kappa shape index (κ3) is 1.17. The minimum Gasteiger partial charge on any atom is -0.274 e. The number of hydrogen-bond donors (Lipinski definition) is 0. The Labute approximate surface area is 100 Å². The number of hydrogen-bond acceptors (Lipinski definition) is 2. The van der Waals surface area contributed by atoms with Crippen molar-refractivity contribution in [1.82, 2.24) is 0 Å². The number of carbonyl (C=O) groups excluding carboxylic acids is 2. The quantitative estimate of drug-likeness (QED) is 0.683. The Morgan fingerprint density at radius 1 is 1.41 bits per heavy atom. The van der Waals surface area contributed by atoms with Crippen LogP contribution in [-0.2, 0) is 21.4 Å². The van der Waals surface area contributed by atoms with Crippen LogP contribution in [0.3, 0.4) is 0 Å². The van der Waals surface area contributed by atoms with E-state index in [0.29, 0.717) is 0 Å². The molecule has 0 fully saturated rings. The van der Waals surface area contributed by atoms with Crippen molar-refractivity contribution in [2.75, 3.05) is 4.90 Å². The smallest absolute Gasteiger partial charge is 0.244 e. The Balaban J connectivity index is 2.31. The molecule has 0 saturated heterocycles. The molecule has 0 saturated carbocycles. The highest BCUT2D eigenvalue weighted by molar-refractivity contribution is 6.22. The lowest BCUT2D eigenvalue weighted by atomic mass is 9.72. The largest absolute Gasteiger partial charge is 0.274 e. The summed E-state index contributed by atoms with van der Waals surface area (Å²) in [7, 11) is 0. The third-order valence-electron chi connectivity index (χ3n) is 4.03. The van der Waals surface area contributed by atoms with E-state index in [2.05, 4.69) is 6.07 Å². The first-order valence-electron chi connectivity index (χ1n) is 6.03. The topological polar surface area (TPSA) is 37.4 Å². The molecule has 0 radical (unpaired) electrons. The Hall–Kier alpha value is -1.64. The molecule has 17 heavy (non-hydrogen) atoms. The number of rotatable bonds is 0. The van der Waals surface area contributed by atoms with Gasteiger partial charge >= 0.3 is 0 Å². The number of nitrogens with zero attached hydrogens (tertiary/aromatic N) is 1. The predicted molar refractivity (Wildman–Crippen MR) is 64.9 cm³/mol. The summed E-state index contributed by atoms with van der Waals surface area (Å²) in [6.07, 6.45) is 2.88. The summed E-state index contributed by atoms with van der Waals surface area (Å²) < 4.78 is 0. The van der Waals surface area contributed by atoms with Crippen LogP contribution in [0.5, 0.6) is 0 Å². The SMILES string of the molecule is CC(=O)N1C(=O)C2(C)CCCc3cccc1c32. The van der Waals surface area contributed by atoms with Gasteiger partial charge in [-0.1, -0.05) is 12.1 Å². The van der Waals surface area contributed by atoms with Gasteiger partial charge in [-0.25, -0.2) is 4.90 Å². The minimum atomic E-state index is -0.476. The van der Waals surface area contributed by atoms with Crippen molar-refractivity contribution >= 4 is 17.5 Å². The maximum Gasteiger partial charge on any atom is 0.244 e. The molecule has 0 N–H and O–H groups in total. The summed E-state index contributed by atoms with van der Waals surface area (Å²) in [5, 5.41) is 0. The van der Waals surface area contributed by atoms with Gasteiger partial charge in [0.05, 0.1) is 11.1 Å². The number of amides is 2. The van der Waals surface area contributed by atoms with Crippen molar-refractivity contribution in [2.45, 2.75) is 38.5 Å². The van der Waals surface area contributed by atoms with Gasteiger partial charge in [-0.3, -0.25) is 9.59 Å². The van der Waals surface area contributed by atoms with Crippen LogP contribution in [0.1, 0.15) is 37.8 Å². The molecule has 2 aliphatic rings. The van der Waals surface area contributed by atoms with Crippen LogP contribution in [0.25, 0.3) is 0 Å². The standard InChI is InChI=1S/C14H15NO2/c1-9(16)15-11-7-3-5-10-6-4-8-14(2,12(10)11)13(15)17/h3,5,7H,4,6,8H2,1-2H3. The average molecular weight is 229 g/mol. The molecule has 0 spiro atoms. The summed E-state index contributed by atoms with van der Waals surface area (Å²) >= 11 is 0. The molecule has 1 aromatic rings. The number of aryl methyl sites for hydroxylation is 1. The van der Waals surface area contributed by atoms with Gasteiger partial charge < -0.3 is 0 Å². The molecule has 1 aromatic carbocycles. The molecule has 1 aliphatic carbocycles. The zero-order chi connectivity index (χ0) is 12.2. The van der Waals surface area contributed by atoms with Crippen LogP contribution in [-0.4, -0.2) is 11.8 Å². The molecular formula is C14H15NO2. The lowest BCUT2D eigenvalue weighted by Crippen LogP contribution is -2.41. The highest BCUT2D eigenvalue weighted by atomic mass is 16.2. The fourth-order valence-electron chi connectivity index (χ4n) is 3.26. The second-order valence-electron chi connectivity index (χ2n) is 5.16. The van der Waals surface area contributed by atoms with Gasteiger partial charge in [-0.15, -0.1) is 0 Å². The lowest BCUT2D eigenvalue weighted by molar-refractivity contribution is -0.128. The van der Waals surface area contributed by atoms with Crippen LogP contribution in [0.15, 0.2) is 18.2 Å². The summed E-state index contributed by atoms with van der Waals surface area (Å²) in [4.78, 5) is 25.5. The lowest BCUT2D eigenvalue weighted by Gasteiger charge is -2.29. The molecule has 1 aliphatic heterocycles. The van der Waals surface area contributed by atoms with Crippen LogP contribution in [0.2, 0.25) is 0 Å². The van der Waals surface area contributed by atoms with Gasteiger partial charge in [0, 0.05) is 6.92 Å². The maximum absolute atomic E-state index is 12.4. The van der Waals surface area contributed by atoms with E-state index >= 15 is 0 Å². The molecule has 0 bridgehead atoms. The Morgan fingerprint density at radius 3 is 2.88 bits per heavy atom. The van der Waals surface area contributed by atoms with Crippen molar-refractivity contribution in [1.29, 1.82) is 0 Å². The van der Waals surface area contributed by atoms with Crippen LogP contribution >= 0.6 is 0 Å².